The Kier molecular flexibility index (Phi) is 3.87. The third-order valence-electron chi connectivity index (χ3n) is 2.87. The molecule has 20 heavy (non-hydrogen) atoms. The third kappa shape index (κ3) is 2.71. The number of hydrogen-bond acceptors (Lipinski definition) is 4. The van der Waals surface area contributed by atoms with E-state index < -0.39 is 21.8 Å². The molecule has 0 aliphatic heterocycles. The molecule has 1 unspecified atom stereocenters. The van der Waals surface area contributed by atoms with Crippen molar-refractivity contribution < 1.29 is 18.3 Å². The lowest BCUT2D eigenvalue weighted by atomic mass is 10.1. The van der Waals surface area contributed by atoms with Gasteiger partial charge >= 0.3 is 5.97 Å². The fraction of sp³-hybridized carbons (Fsp3) is 0.0714. The molecule has 1 atom stereocenters. The second-order valence-electron chi connectivity index (χ2n) is 4.20. The standard InChI is InChI=1S/C14H13NO4S/c15-13(14(16)17)10-6-8-12(9-7-10)20(18,19)11-4-2-1-3-5-11/h1-9,13H,15H2,(H,16,17). The van der Waals surface area contributed by atoms with E-state index >= 15 is 0 Å². The maximum Gasteiger partial charge on any atom is 0.325 e. The molecule has 0 radical (unpaired) electrons. The summed E-state index contributed by atoms with van der Waals surface area (Å²) in [5.74, 6) is -1.16. The van der Waals surface area contributed by atoms with Crippen molar-refractivity contribution in [3.63, 3.8) is 0 Å². The molecule has 2 rings (SSSR count). The second-order valence-corrected chi connectivity index (χ2v) is 6.15. The first-order valence-corrected chi connectivity index (χ1v) is 7.30. The minimum absolute atomic E-state index is 0.102. The molecule has 2 aromatic rings. The molecule has 5 nitrogen and oxygen atoms in total. The quantitative estimate of drug-likeness (QED) is 0.891. The maximum absolute atomic E-state index is 12.3. The van der Waals surface area contributed by atoms with E-state index in [9.17, 15) is 13.2 Å². The van der Waals surface area contributed by atoms with Crippen molar-refractivity contribution in [2.24, 2.45) is 5.73 Å². The molecule has 0 spiro atoms. The van der Waals surface area contributed by atoms with Crippen LogP contribution in [-0.4, -0.2) is 19.5 Å². The van der Waals surface area contributed by atoms with Crippen molar-refractivity contribution in [1.82, 2.24) is 0 Å². The lowest BCUT2D eigenvalue weighted by Crippen LogP contribution is -2.20. The van der Waals surface area contributed by atoms with Gasteiger partial charge in [0.1, 0.15) is 6.04 Å². The summed E-state index contributed by atoms with van der Waals surface area (Å²) in [6.07, 6.45) is 0. The lowest BCUT2D eigenvalue weighted by molar-refractivity contribution is -0.138. The summed E-state index contributed by atoms with van der Waals surface area (Å²) in [6, 6.07) is 12.4. The molecular weight excluding hydrogens is 278 g/mol. The Labute approximate surface area is 116 Å². The maximum atomic E-state index is 12.3. The number of hydrogen-bond donors (Lipinski definition) is 2. The topological polar surface area (TPSA) is 97.5 Å². The minimum Gasteiger partial charge on any atom is -0.480 e. The molecule has 0 heterocycles. The zero-order valence-corrected chi connectivity index (χ0v) is 11.2. The van der Waals surface area contributed by atoms with Gasteiger partial charge in [0.05, 0.1) is 9.79 Å². The van der Waals surface area contributed by atoms with Crippen LogP contribution in [0.4, 0.5) is 0 Å². The molecule has 0 fully saturated rings. The zero-order chi connectivity index (χ0) is 14.8. The number of carboxylic acid groups (broad SMARTS) is 1. The Bertz CT molecular complexity index is 709. The number of nitrogens with two attached hydrogens (primary N) is 1. The highest BCUT2D eigenvalue weighted by atomic mass is 32.2. The van der Waals surface area contributed by atoms with Gasteiger partial charge in [-0.1, -0.05) is 30.3 Å². The predicted molar refractivity (Wildman–Crippen MR) is 72.9 cm³/mol. The van der Waals surface area contributed by atoms with Gasteiger partial charge in [-0.25, -0.2) is 8.42 Å². The van der Waals surface area contributed by atoms with Crippen molar-refractivity contribution >= 4 is 15.8 Å². The summed E-state index contributed by atoms with van der Waals surface area (Å²) < 4.78 is 24.6. The van der Waals surface area contributed by atoms with Crippen molar-refractivity contribution in [1.29, 1.82) is 0 Å². The first-order chi connectivity index (χ1) is 9.43. The van der Waals surface area contributed by atoms with Gasteiger partial charge in [0.25, 0.3) is 0 Å². The van der Waals surface area contributed by atoms with Gasteiger partial charge in [0.15, 0.2) is 0 Å². The van der Waals surface area contributed by atoms with Gasteiger partial charge in [-0.3, -0.25) is 4.79 Å². The van der Waals surface area contributed by atoms with Crippen LogP contribution in [0.2, 0.25) is 0 Å². The monoisotopic (exact) mass is 291 g/mol. The highest BCUT2D eigenvalue weighted by Gasteiger charge is 2.19. The van der Waals surface area contributed by atoms with Gasteiger partial charge in [-0.2, -0.15) is 0 Å². The van der Waals surface area contributed by atoms with Crippen LogP contribution in [0.3, 0.4) is 0 Å². The number of benzene rings is 2. The van der Waals surface area contributed by atoms with Crippen LogP contribution >= 0.6 is 0 Å². The Morgan fingerprint density at radius 3 is 1.95 bits per heavy atom. The fourth-order valence-corrected chi connectivity index (χ4v) is 3.01. The van der Waals surface area contributed by atoms with Crippen LogP contribution in [0.1, 0.15) is 11.6 Å². The summed E-state index contributed by atoms with van der Waals surface area (Å²) in [4.78, 5) is 11.1. The third-order valence-corrected chi connectivity index (χ3v) is 4.65. The molecular formula is C14H13NO4S. The molecule has 0 amide bonds. The molecule has 104 valence electrons. The van der Waals surface area contributed by atoms with Crippen molar-refractivity contribution in [2.75, 3.05) is 0 Å². The van der Waals surface area contributed by atoms with E-state index in [-0.39, 0.29) is 9.79 Å². The van der Waals surface area contributed by atoms with E-state index in [0.29, 0.717) is 5.56 Å². The van der Waals surface area contributed by atoms with E-state index in [1.807, 2.05) is 0 Å². The summed E-state index contributed by atoms with van der Waals surface area (Å²) in [5.41, 5.74) is 5.81. The van der Waals surface area contributed by atoms with E-state index in [1.165, 1.54) is 36.4 Å². The Morgan fingerprint density at radius 1 is 0.950 bits per heavy atom. The molecule has 0 saturated carbocycles. The highest BCUT2D eigenvalue weighted by Crippen LogP contribution is 2.22. The first-order valence-electron chi connectivity index (χ1n) is 5.81. The van der Waals surface area contributed by atoms with E-state index in [1.54, 1.807) is 18.2 Å². The Hall–Kier alpha value is -2.18. The number of carbonyl (C=O) groups is 1. The van der Waals surface area contributed by atoms with Crippen LogP contribution in [0.15, 0.2) is 64.4 Å². The molecule has 0 saturated heterocycles. The molecule has 0 aliphatic carbocycles. The zero-order valence-electron chi connectivity index (χ0n) is 10.4. The number of aliphatic carboxylic acids is 1. The van der Waals surface area contributed by atoms with Gasteiger partial charge in [-0.15, -0.1) is 0 Å². The van der Waals surface area contributed by atoms with Gasteiger partial charge in [0.2, 0.25) is 9.84 Å². The fourth-order valence-electron chi connectivity index (χ4n) is 1.73. The van der Waals surface area contributed by atoms with Crippen molar-refractivity contribution in [2.45, 2.75) is 15.8 Å². The normalized spacial score (nSPS) is 12.8. The van der Waals surface area contributed by atoms with Gasteiger partial charge in [0, 0.05) is 0 Å². The van der Waals surface area contributed by atoms with Crippen LogP contribution in [0.25, 0.3) is 0 Å². The molecule has 3 N–H and O–H groups in total. The molecule has 0 aliphatic rings. The van der Waals surface area contributed by atoms with Crippen LogP contribution in [-0.2, 0) is 14.6 Å². The van der Waals surface area contributed by atoms with Crippen LogP contribution in [0, 0.1) is 0 Å². The molecule has 0 aromatic heterocycles. The summed E-state index contributed by atoms with van der Waals surface area (Å²) in [6.45, 7) is 0. The summed E-state index contributed by atoms with van der Waals surface area (Å²) in [7, 11) is -3.59. The van der Waals surface area contributed by atoms with Crippen molar-refractivity contribution in [3.05, 3.63) is 60.2 Å². The average molecular weight is 291 g/mol. The molecule has 2 aromatic carbocycles. The average Bonchev–Trinajstić information content (AvgIpc) is 2.47. The lowest BCUT2D eigenvalue weighted by Gasteiger charge is -2.08. The smallest absolute Gasteiger partial charge is 0.325 e. The molecule has 0 bridgehead atoms. The van der Waals surface area contributed by atoms with E-state index in [2.05, 4.69) is 0 Å². The van der Waals surface area contributed by atoms with Gasteiger partial charge in [-0.05, 0) is 29.8 Å². The van der Waals surface area contributed by atoms with Crippen LogP contribution in [0.5, 0.6) is 0 Å². The van der Waals surface area contributed by atoms with Crippen molar-refractivity contribution in [3.8, 4) is 0 Å². The summed E-state index contributed by atoms with van der Waals surface area (Å²) in [5, 5.41) is 8.80. The van der Waals surface area contributed by atoms with Crippen LogP contribution < -0.4 is 5.73 Å². The second kappa shape index (κ2) is 5.44. The molecule has 6 heteroatoms. The number of sulfone groups is 1. The largest absolute Gasteiger partial charge is 0.480 e. The number of carboxylic acids is 1. The van der Waals surface area contributed by atoms with E-state index in [4.69, 9.17) is 10.8 Å². The van der Waals surface area contributed by atoms with E-state index in [0.717, 1.165) is 0 Å². The first kappa shape index (κ1) is 14.2. The predicted octanol–water partition coefficient (Wildman–Crippen LogP) is 1.60. The summed E-state index contributed by atoms with van der Waals surface area (Å²) >= 11 is 0. The minimum atomic E-state index is -3.59. The SMILES string of the molecule is NC(C(=O)O)c1ccc(S(=O)(=O)c2ccccc2)cc1. The van der Waals surface area contributed by atoms with Gasteiger partial charge < -0.3 is 10.8 Å². The Balaban J connectivity index is 2.38. The number of rotatable bonds is 4. The Morgan fingerprint density at radius 2 is 1.45 bits per heavy atom. The highest BCUT2D eigenvalue weighted by molar-refractivity contribution is 7.91.